The Kier molecular flexibility index (Phi) is 3.58. The van der Waals surface area contributed by atoms with Crippen molar-refractivity contribution in [1.82, 2.24) is 5.32 Å². The second-order valence-electron chi connectivity index (χ2n) is 5.46. The molecule has 1 saturated heterocycles. The molecule has 2 fully saturated rings. The summed E-state index contributed by atoms with van der Waals surface area (Å²) in [5, 5.41) is 3.52. The first-order chi connectivity index (χ1) is 9.09. The molecule has 1 saturated carbocycles. The highest BCUT2D eigenvalue weighted by Gasteiger charge is 2.38. The molecule has 3 nitrogen and oxygen atoms in total. The summed E-state index contributed by atoms with van der Waals surface area (Å²) in [6.07, 6.45) is 3.72. The zero-order chi connectivity index (χ0) is 13.5. The number of benzene rings is 1. The Morgan fingerprint density at radius 1 is 1.11 bits per heavy atom. The molecule has 0 bridgehead atoms. The third kappa shape index (κ3) is 2.67. The van der Waals surface area contributed by atoms with Gasteiger partial charge in [-0.15, -0.1) is 0 Å². The monoisotopic (exact) mass is 299 g/mol. The fourth-order valence-electron chi connectivity index (χ4n) is 2.71. The van der Waals surface area contributed by atoms with Crippen LogP contribution in [0.1, 0.15) is 37.2 Å². The Morgan fingerprint density at radius 2 is 1.79 bits per heavy atom. The molecule has 5 heteroatoms. The van der Waals surface area contributed by atoms with Gasteiger partial charge in [0.2, 0.25) is 0 Å². The highest BCUT2D eigenvalue weighted by molar-refractivity contribution is 7.92. The molecule has 104 valence electrons. The first-order valence-electron chi connectivity index (χ1n) is 6.83. The normalized spacial score (nSPS) is 21.5. The summed E-state index contributed by atoms with van der Waals surface area (Å²) in [4.78, 5) is 0.314. The summed E-state index contributed by atoms with van der Waals surface area (Å²) in [7, 11) is -3.19. The van der Waals surface area contributed by atoms with E-state index >= 15 is 0 Å². The minimum Gasteiger partial charge on any atom is -0.317 e. The Bertz CT molecular complexity index is 575. The fraction of sp³-hybridized carbons (Fsp3) is 0.571. The zero-order valence-electron chi connectivity index (χ0n) is 10.7. The van der Waals surface area contributed by atoms with Crippen LogP contribution in [0.25, 0.3) is 0 Å². The van der Waals surface area contributed by atoms with Gasteiger partial charge in [0.15, 0.2) is 9.84 Å². The maximum atomic E-state index is 12.2. The van der Waals surface area contributed by atoms with Gasteiger partial charge in [-0.25, -0.2) is 8.42 Å². The summed E-state index contributed by atoms with van der Waals surface area (Å²) >= 11 is 6.21. The molecule has 1 aliphatic heterocycles. The largest absolute Gasteiger partial charge is 0.317 e. The number of hydrogen-bond acceptors (Lipinski definition) is 3. The highest BCUT2D eigenvalue weighted by Crippen LogP contribution is 2.38. The lowest BCUT2D eigenvalue weighted by atomic mass is 9.90. The molecule has 0 aromatic heterocycles. The Balaban J connectivity index is 1.89. The van der Waals surface area contributed by atoms with Crippen LogP contribution in [-0.2, 0) is 9.84 Å². The van der Waals surface area contributed by atoms with E-state index in [9.17, 15) is 8.42 Å². The lowest BCUT2D eigenvalue weighted by molar-refractivity contribution is 0.460. The van der Waals surface area contributed by atoms with Crippen molar-refractivity contribution in [3.63, 3.8) is 0 Å². The number of rotatable bonds is 3. The van der Waals surface area contributed by atoms with Gasteiger partial charge in [0.05, 0.1) is 15.2 Å². The van der Waals surface area contributed by atoms with Gasteiger partial charge in [-0.3, -0.25) is 0 Å². The second kappa shape index (κ2) is 5.08. The predicted molar refractivity (Wildman–Crippen MR) is 76.5 cm³/mol. The molecule has 3 rings (SSSR count). The minimum atomic E-state index is -3.19. The average Bonchev–Trinajstić information content (AvgIpc) is 3.24. The van der Waals surface area contributed by atoms with Crippen molar-refractivity contribution in [3.05, 3.63) is 28.8 Å². The lowest BCUT2D eigenvalue weighted by Gasteiger charge is -2.23. The molecule has 0 spiro atoms. The van der Waals surface area contributed by atoms with Crippen LogP contribution in [0.15, 0.2) is 23.1 Å². The quantitative estimate of drug-likeness (QED) is 0.933. The minimum absolute atomic E-state index is 0.199. The predicted octanol–water partition coefficient (Wildman–Crippen LogP) is 2.74. The van der Waals surface area contributed by atoms with Gasteiger partial charge in [-0.2, -0.15) is 0 Å². The van der Waals surface area contributed by atoms with Gasteiger partial charge in [-0.1, -0.05) is 17.7 Å². The average molecular weight is 300 g/mol. The van der Waals surface area contributed by atoms with Crippen molar-refractivity contribution in [2.24, 2.45) is 0 Å². The molecule has 1 aromatic carbocycles. The Labute approximate surface area is 119 Å². The van der Waals surface area contributed by atoms with Crippen LogP contribution < -0.4 is 5.32 Å². The smallest absolute Gasteiger partial charge is 0.182 e. The van der Waals surface area contributed by atoms with E-state index in [1.54, 1.807) is 6.07 Å². The van der Waals surface area contributed by atoms with Crippen molar-refractivity contribution in [1.29, 1.82) is 0 Å². The van der Waals surface area contributed by atoms with Crippen molar-refractivity contribution in [2.75, 3.05) is 13.1 Å². The SMILES string of the molecule is O=S(=O)(c1ccc(C2CCNCC2)cc1Cl)C1CC1. The molecule has 0 radical (unpaired) electrons. The van der Waals surface area contributed by atoms with Gasteiger partial charge in [0, 0.05) is 0 Å². The Hall–Kier alpha value is -0.580. The summed E-state index contributed by atoms with van der Waals surface area (Å²) in [5.41, 5.74) is 1.17. The van der Waals surface area contributed by atoms with Gasteiger partial charge < -0.3 is 5.32 Å². The van der Waals surface area contributed by atoms with E-state index in [2.05, 4.69) is 5.32 Å². The number of halogens is 1. The van der Waals surface area contributed by atoms with Crippen molar-refractivity contribution < 1.29 is 8.42 Å². The third-order valence-electron chi connectivity index (χ3n) is 4.04. The van der Waals surface area contributed by atoms with Gasteiger partial charge in [0.1, 0.15) is 0 Å². The topological polar surface area (TPSA) is 46.2 Å². The molecule has 1 N–H and O–H groups in total. The first-order valence-corrected chi connectivity index (χ1v) is 8.75. The number of nitrogens with one attached hydrogen (secondary N) is 1. The zero-order valence-corrected chi connectivity index (χ0v) is 12.3. The first kappa shape index (κ1) is 13.4. The fourth-order valence-corrected chi connectivity index (χ4v) is 4.93. The van der Waals surface area contributed by atoms with Crippen LogP contribution in [-0.4, -0.2) is 26.8 Å². The van der Waals surface area contributed by atoms with Gasteiger partial charge in [-0.05, 0) is 62.4 Å². The number of hydrogen-bond donors (Lipinski definition) is 1. The number of sulfone groups is 1. The van der Waals surface area contributed by atoms with Crippen molar-refractivity contribution >= 4 is 21.4 Å². The molecule has 0 amide bonds. The van der Waals surface area contributed by atoms with E-state index in [0.29, 0.717) is 15.8 Å². The van der Waals surface area contributed by atoms with E-state index < -0.39 is 9.84 Å². The molecule has 19 heavy (non-hydrogen) atoms. The summed E-state index contributed by atoms with van der Waals surface area (Å²) in [6, 6.07) is 5.50. The molecule has 1 aliphatic carbocycles. The maximum Gasteiger partial charge on any atom is 0.182 e. The van der Waals surface area contributed by atoms with E-state index in [1.807, 2.05) is 12.1 Å². The molecular weight excluding hydrogens is 282 g/mol. The molecule has 1 heterocycles. The molecule has 0 atom stereocenters. The third-order valence-corrected chi connectivity index (χ3v) is 6.78. The van der Waals surface area contributed by atoms with Crippen LogP contribution in [0.5, 0.6) is 0 Å². The van der Waals surface area contributed by atoms with Gasteiger partial charge >= 0.3 is 0 Å². The summed E-state index contributed by atoms with van der Waals surface area (Å²) in [6.45, 7) is 2.04. The van der Waals surface area contributed by atoms with Crippen LogP contribution >= 0.6 is 11.6 Å². The van der Waals surface area contributed by atoms with Crippen LogP contribution in [0.4, 0.5) is 0 Å². The standard InChI is InChI=1S/C14H18ClNO2S/c15-13-9-11(10-5-7-16-8-6-10)1-4-14(13)19(17,18)12-2-3-12/h1,4,9-10,12,16H,2-3,5-8H2. The van der Waals surface area contributed by atoms with Crippen LogP contribution in [0.3, 0.4) is 0 Å². The van der Waals surface area contributed by atoms with Crippen LogP contribution in [0, 0.1) is 0 Å². The van der Waals surface area contributed by atoms with E-state index in [4.69, 9.17) is 11.6 Å². The van der Waals surface area contributed by atoms with Crippen molar-refractivity contribution in [3.8, 4) is 0 Å². The Morgan fingerprint density at radius 3 is 2.37 bits per heavy atom. The van der Waals surface area contributed by atoms with Crippen molar-refractivity contribution in [2.45, 2.75) is 41.7 Å². The lowest BCUT2D eigenvalue weighted by Crippen LogP contribution is -2.26. The van der Waals surface area contributed by atoms with Crippen LogP contribution in [0.2, 0.25) is 5.02 Å². The van der Waals surface area contributed by atoms with Gasteiger partial charge in [0.25, 0.3) is 0 Å². The summed E-state index contributed by atoms with van der Waals surface area (Å²) in [5.74, 6) is 0.497. The molecule has 2 aliphatic rings. The number of piperidine rings is 1. The van der Waals surface area contributed by atoms with E-state index in [1.165, 1.54) is 5.56 Å². The molecule has 0 unspecified atom stereocenters. The molecule has 1 aromatic rings. The van der Waals surface area contributed by atoms with E-state index in [0.717, 1.165) is 38.8 Å². The molecular formula is C14H18ClNO2S. The highest BCUT2D eigenvalue weighted by atomic mass is 35.5. The second-order valence-corrected chi connectivity index (χ2v) is 8.06. The van der Waals surface area contributed by atoms with E-state index in [-0.39, 0.29) is 5.25 Å². The summed E-state index contributed by atoms with van der Waals surface area (Å²) < 4.78 is 24.4. The maximum absolute atomic E-state index is 12.2.